The first-order valence-corrected chi connectivity index (χ1v) is 12.6. The second-order valence-electron chi connectivity index (χ2n) is 8.03. The maximum absolute atomic E-state index is 13.3. The molecule has 1 saturated heterocycles. The molecule has 0 amide bonds. The van der Waals surface area contributed by atoms with Gasteiger partial charge in [0.2, 0.25) is 0 Å². The zero-order valence-corrected chi connectivity index (χ0v) is 19.9. The minimum atomic E-state index is -3.72. The Morgan fingerprint density at radius 3 is 2.41 bits per heavy atom. The van der Waals surface area contributed by atoms with Crippen molar-refractivity contribution >= 4 is 27.5 Å². The lowest BCUT2D eigenvalue weighted by molar-refractivity contribution is 0.125. The first-order valence-electron chi connectivity index (χ1n) is 10.8. The van der Waals surface area contributed by atoms with Crippen LogP contribution in [0.4, 0.5) is 5.69 Å². The predicted molar refractivity (Wildman–Crippen MR) is 132 cm³/mol. The van der Waals surface area contributed by atoms with Gasteiger partial charge in [0.05, 0.1) is 5.69 Å². The lowest BCUT2D eigenvalue weighted by Gasteiger charge is -2.40. The molecule has 5 nitrogen and oxygen atoms in total. The number of nitrogens with one attached hydrogen (secondary N) is 1. The molecular formula is C25H28ClN3O2S. The van der Waals surface area contributed by atoms with Crippen LogP contribution in [0.15, 0.2) is 72.8 Å². The summed E-state index contributed by atoms with van der Waals surface area (Å²) in [4.78, 5) is 2.32. The summed E-state index contributed by atoms with van der Waals surface area (Å²) in [5.41, 5.74) is 4.50. The third-order valence-electron chi connectivity index (χ3n) is 6.03. The van der Waals surface area contributed by atoms with E-state index < -0.39 is 10.2 Å². The molecular weight excluding hydrogens is 442 g/mol. The molecule has 1 N–H and O–H groups in total. The monoisotopic (exact) mass is 469 g/mol. The molecule has 168 valence electrons. The van der Waals surface area contributed by atoms with Crippen molar-refractivity contribution in [1.82, 2.24) is 9.21 Å². The van der Waals surface area contributed by atoms with Crippen LogP contribution in [0.5, 0.6) is 0 Å². The van der Waals surface area contributed by atoms with Crippen LogP contribution in [-0.4, -0.2) is 43.8 Å². The number of likely N-dealkylation sites (N-methyl/N-ethyl adjacent to an activating group) is 1. The van der Waals surface area contributed by atoms with Crippen molar-refractivity contribution in [3.05, 3.63) is 88.9 Å². The van der Waals surface area contributed by atoms with Gasteiger partial charge >= 0.3 is 10.2 Å². The molecule has 0 aromatic heterocycles. The standard InChI is InChI=1S/C25H28ClN3O2S/c1-3-28-15-16-29(18-25(28)20-10-5-4-6-11-20)32(30,31)27-21-13-14-24(26)23(17-21)22-12-8-7-9-19(22)2/h4-14,17,25,27H,3,15-16,18H2,1-2H3. The Bertz CT molecular complexity index is 1180. The second-order valence-corrected chi connectivity index (χ2v) is 10.1. The molecule has 1 unspecified atom stereocenters. The smallest absolute Gasteiger partial charge is 0.294 e. The number of nitrogens with zero attached hydrogens (tertiary/aromatic N) is 2. The van der Waals surface area contributed by atoms with Gasteiger partial charge in [-0.05, 0) is 48.4 Å². The minimum Gasteiger partial charge on any atom is -0.294 e. The van der Waals surface area contributed by atoms with Crippen LogP contribution in [0.3, 0.4) is 0 Å². The fraction of sp³-hybridized carbons (Fsp3) is 0.280. The van der Waals surface area contributed by atoms with Crippen molar-refractivity contribution in [2.45, 2.75) is 19.9 Å². The van der Waals surface area contributed by atoms with E-state index in [-0.39, 0.29) is 6.04 Å². The highest BCUT2D eigenvalue weighted by atomic mass is 35.5. The molecule has 32 heavy (non-hydrogen) atoms. The second kappa shape index (κ2) is 9.63. The van der Waals surface area contributed by atoms with Crippen LogP contribution in [0, 0.1) is 6.92 Å². The van der Waals surface area contributed by atoms with Crippen LogP contribution in [0.2, 0.25) is 5.02 Å². The number of rotatable bonds is 6. The Labute approximate surface area is 195 Å². The molecule has 1 heterocycles. The first-order chi connectivity index (χ1) is 15.4. The van der Waals surface area contributed by atoms with Gasteiger partial charge in [0.25, 0.3) is 0 Å². The van der Waals surface area contributed by atoms with E-state index in [0.29, 0.717) is 30.3 Å². The Hall–Kier alpha value is -2.38. The maximum atomic E-state index is 13.3. The summed E-state index contributed by atoms with van der Waals surface area (Å²) >= 11 is 6.45. The molecule has 4 rings (SSSR count). The third kappa shape index (κ3) is 4.84. The quantitative estimate of drug-likeness (QED) is 0.529. The van der Waals surface area contributed by atoms with Gasteiger partial charge in [-0.2, -0.15) is 12.7 Å². The Morgan fingerprint density at radius 1 is 0.969 bits per heavy atom. The van der Waals surface area contributed by atoms with Crippen molar-refractivity contribution in [3.63, 3.8) is 0 Å². The molecule has 0 aliphatic carbocycles. The summed E-state index contributed by atoms with van der Waals surface area (Å²) in [7, 11) is -3.72. The summed E-state index contributed by atoms with van der Waals surface area (Å²) < 4.78 is 30.9. The van der Waals surface area contributed by atoms with E-state index in [1.54, 1.807) is 22.5 Å². The highest BCUT2D eigenvalue weighted by molar-refractivity contribution is 7.90. The molecule has 0 radical (unpaired) electrons. The lowest BCUT2D eigenvalue weighted by atomic mass is 10.0. The molecule has 1 atom stereocenters. The number of aryl methyl sites for hydroxylation is 1. The highest BCUT2D eigenvalue weighted by Gasteiger charge is 2.33. The maximum Gasteiger partial charge on any atom is 0.301 e. The van der Waals surface area contributed by atoms with Crippen molar-refractivity contribution in [2.75, 3.05) is 30.9 Å². The van der Waals surface area contributed by atoms with Gasteiger partial charge in [-0.3, -0.25) is 9.62 Å². The van der Waals surface area contributed by atoms with Crippen molar-refractivity contribution in [1.29, 1.82) is 0 Å². The summed E-state index contributed by atoms with van der Waals surface area (Å²) in [6.07, 6.45) is 0. The number of hydrogen-bond acceptors (Lipinski definition) is 3. The average Bonchev–Trinajstić information content (AvgIpc) is 2.81. The van der Waals surface area contributed by atoms with E-state index in [2.05, 4.69) is 28.7 Å². The van der Waals surface area contributed by atoms with Crippen LogP contribution >= 0.6 is 11.6 Å². The van der Waals surface area contributed by atoms with Crippen molar-refractivity contribution in [3.8, 4) is 11.1 Å². The van der Waals surface area contributed by atoms with E-state index in [0.717, 1.165) is 28.8 Å². The molecule has 0 saturated carbocycles. The summed E-state index contributed by atoms with van der Waals surface area (Å²) in [6.45, 7) is 6.54. The van der Waals surface area contributed by atoms with Crippen LogP contribution in [-0.2, 0) is 10.2 Å². The van der Waals surface area contributed by atoms with Crippen LogP contribution in [0.25, 0.3) is 11.1 Å². The van der Waals surface area contributed by atoms with E-state index >= 15 is 0 Å². The number of halogens is 1. The number of anilines is 1. The summed E-state index contributed by atoms with van der Waals surface area (Å²) in [5.74, 6) is 0. The zero-order valence-electron chi connectivity index (χ0n) is 18.3. The minimum absolute atomic E-state index is 0.0271. The van der Waals surface area contributed by atoms with Crippen molar-refractivity contribution in [2.24, 2.45) is 0 Å². The fourth-order valence-electron chi connectivity index (χ4n) is 4.27. The largest absolute Gasteiger partial charge is 0.301 e. The predicted octanol–water partition coefficient (Wildman–Crippen LogP) is 5.35. The summed E-state index contributed by atoms with van der Waals surface area (Å²) in [5, 5.41) is 0.586. The molecule has 0 spiro atoms. The Balaban J connectivity index is 1.58. The van der Waals surface area contributed by atoms with Gasteiger partial charge in [0.1, 0.15) is 0 Å². The molecule has 7 heteroatoms. The van der Waals surface area contributed by atoms with Gasteiger partial charge in [-0.15, -0.1) is 0 Å². The normalized spacial score (nSPS) is 17.9. The van der Waals surface area contributed by atoms with Gasteiger partial charge in [-0.25, -0.2) is 0 Å². The first kappa shape index (κ1) is 22.8. The van der Waals surface area contributed by atoms with Gasteiger partial charge in [0.15, 0.2) is 0 Å². The number of hydrogen-bond donors (Lipinski definition) is 1. The molecule has 0 bridgehead atoms. The Kier molecular flexibility index (Phi) is 6.86. The number of piperazine rings is 1. The zero-order chi connectivity index (χ0) is 22.7. The van der Waals surface area contributed by atoms with E-state index in [9.17, 15) is 8.42 Å². The molecule has 1 aliphatic heterocycles. The van der Waals surface area contributed by atoms with Gasteiger partial charge < -0.3 is 0 Å². The van der Waals surface area contributed by atoms with E-state index in [1.165, 1.54) is 0 Å². The van der Waals surface area contributed by atoms with E-state index in [4.69, 9.17) is 11.6 Å². The van der Waals surface area contributed by atoms with Gasteiger partial charge in [-0.1, -0.05) is 73.1 Å². The molecule has 3 aromatic carbocycles. The Morgan fingerprint density at radius 2 is 1.69 bits per heavy atom. The lowest BCUT2D eigenvalue weighted by Crippen LogP contribution is -2.51. The third-order valence-corrected chi connectivity index (χ3v) is 7.87. The SMILES string of the molecule is CCN1CCN(S(=O)(=O)Nc2ccc(Cl)c(-c3ccccc3C)c2)CC1c1ccccc1. The molecule has 3 aromatic rings. The highest BCUT2D eigenvalue weighted by Crippen LogP contribution is 2.33. The number of benzene rings is 3. The van der Waals surface area contributed by atoms with Crippen molar-refractivity contribution < 1.29 is 8.42 Å². The van der Waals surface area contributed by atoms with Crippen LogP contribution < -0.4 is 4.72 Å². The average molecular weight is 470 g/mol. The fourth-order valence-corrected chi connectivity index (χ4v) is 5.70. The topological polar surface area (TPSA) is 52.7 Å². The van der Waals surface area contributed by atoms with Crippen LogP contribution in [0.1, 0.15) is 24.1 Å². The summed E-state index contributed by atoms with van der Waals surface area (Å²) in [6, 6.07) is 23.3. The van der Waals surface area contributed by atoms with Gasteiger partial charge in [0, 0.05) is 36.3 Å². The molecule has 1 fully saturated rings. The molecule has 1 aliphatic rings. The van der Waals surface area contributed by atoms with E-state index in [1.807, 2.05) is 49.4 Å².